The molecule has 19 heavy (non-hydrogen) atoms. The molecule has 3 heteroatoms. The Kier molecular flexibility index (Phi) is 6.62. The van der Waals surface area contributed by atoms with Gasteiger partial charge in [-0.1, -0.05) is 20.3 Å². The SMILES string of the molecule is CCCCN(CC1COCCC1NCCC)C1CC1. The molecular formula is C16H32N2O. The van der Waals surface area contributed by atoms with Crippen molar-refractivity contribution in [1.29, 1.82) is 0 Å². The minimum absolute atomic E-state index is 0.677. The van der Waals surface area contributed by atoms with Crippen molar-refractivity contribution in [2.75, 3.05) is 32.8 Å². The van der Waals surface area contributed by atoms with E-state index in [1.165, 1.54) is 51.6 Å². The Balaban J connectivity index is 1.81. The largest absolute Gasteiger partial charge is 0.381 e. The van der Waals surface area contributed by atoms with E-state index in [-0.39, 0.29) is 0 Å². The highest BCUT2D eigenvalue weighted by atomic mass is 16.5. The third kappa shape index (κ3) is 5.05. The van der Waals surface area contributed by atoms with Crippen molar-refractivity contribution in [2.24, 2.45) is 5.92 Å². The quantitative estimate of drug-likeness (QED) is 0.696. The van der Waals surface area contributed by atoms with Crippen LogP contribution < -0.4 is 5.32 Å². The second-order valence-corrected chi connectivity index (χ2v) is 6.26. The van der Waals surface area contributed by atoms with Gasteiger partial charge in [-0.25, -0.2) is 0 Å². The molecule has 1 heterocycles. The number of hydrogen-bond acceptors (Lipinski definition) is 3. The first kappa shape index (κ1) is 15.3. The summed E-state index contributed by atoms with van der Waals surface area (Å²) in [5.41, 5.74) is 0. The minimum atomic E-state index is 0.677. The summed E-state index contributed by atoms with van der Waals surface area (Å²) >= 11 is 0. The maximum absolute atomic E-state index is 5.73. The van der Waals surface area contributed by atoms with Crippen LogP contribution in [0.25, 0.3) is 0 Å². The Morgan fingerprint density at radius 3 is 2.68 bits per heavy atom. The summed E-state index contributed by atoms with van der Waals surface area (Å²) in [6.07, 6.45) is 7.91. The van der Waals surface area contributed by atoms with Crippen LogP contribution in [0.2, 0.25) is 0 Å². The van der Waals surface area contributed by atoms with Crippen molar-refractivity contribution in [3.63, 3.8) is 0 Å². The maximum Gasteiger partial charge on any atom is 0.0521 e. The van der Waals surface area contributed by atoms with E-state index in [2.05, 4.69) is 24.1 Å². The fourth-order valence-corrected chi connectivity index (χ4v) is 3.10. The predicted octanol–water partition coefficient (Wildman–Crippen LogP) is 2.66. The van der Waals surface area contributed by atoms with Crippen LogP contribution in [0.3, 0.4) is 0 Å². The minimum Gasteiger partial charge on any atom is -0.381 e. The summed E-state index contributed by atoms with van der Waals surface area (Å²) in [6.45, 7) is 10.1. The van der Waals surface area contributed by atoms with E-state index >= 15 is 0 Å². The first-order chi connectivity index (χ1) is 9.35. The molecular weight excluding hydrogens is 236 g/mol. The van der Waals surface area contributed by atoms with Gasteiger partial charge in [0.25, 0.3) is 0 Å². The molecule has 2 unspecified atom stereocenters. The van der Waals surface area contributed by atoms with E-state index in [0.717, 1.165) is 25.8 Å². The fourth-order valence-electron chi connectivity index (χ4n) is 3.10. The second kappa shape index (κ2) is 8.23. The van der Waals surface area contributed by atoms with E-state index < -0.39 is 0 Å². The average molecular weight is 268 g/mol. The van der Waals surface area contributed by atoms with Crippen LogP contribution >= 0.6 is 0 Å². The topological polar surface area (TPSA) is 24.5 Å². The van der Waals surface area contributed by atoms with E-state index in [4.69, 9.17) is 4.74 Å². The van der Waals surface area contributed by atoms with Crippen LogP contribution in [0.4, 0.5) is 0 Å². The van der Waals surface area contributed by atoms with Gasteiger partial charge in [0.1, 0.15) is 0 Å². The smallest absolute Gasteiger partial charge is 0.0521 e. The molecule has 1 saturated heterocycles. The van der Waals surface area contributed by atoms with Crippen LogP contribution in [0.5, 0.6) is 0 Å². The Bertz CT molecular complexity index is 243. The lowest BCUT2D eigenvalue weighted by molar-refractivity contribution is 0.0152. The van der Waals surface area contributed by atoms with Gasteiger partial charge in [0.05, 0.1) is 6.61 Å². The zero-order valence-electron chi connectivity index (χ0n) is 12.9. The molecule has 0 aromatic carbocycles. The van der Waals surface area contributed by atoms with Gasteiger partial charge in [0.2, 0.25) is 0 Å². The third-order valence-corrected chi connectivity index (χ3v) is 4.46. The first-order valence-corrected chi connectivity index (χ1v) is 8.40. The lowest BCUT2D eigenvalue weighted by atomic mass is 9.94. The number of nitrogens with zero attached hydrogens (tertiary/aromatic N) is 1. The Morgan fingerprint density at radius 2 is 2.00 bits per heavy atom. The Labute approximate surface area is 119 Å². The molecule has 0 amide bonds. The summed E-state index contributed by atoms with van der Waals surface area (Å²) in [4.78, 5) is 2.74. The highest BCUT2D eigenvalue weighted by Crippen LogP contribution is 2.29. The van der Waals surface area contributed by atoms with Gasteiger partial charge in [-0.3, -0.25) is 4.90 Å². The van der Waals surface area contributed by atoms with Gasteiger partial charge in [-0.15, -0.1) is 0 Å². The fraction of sp³-hybridized carbons (Fsp3) is 1.00. The Morgan fingerprint density at radius 1 is 1.16 bits per heavy atom. The van der Waals surface area contributed by atoms with Gasteiger partial charge in [0, 0.05) is 31.2 Å². The lowest BCUT2D eigenvalue weighted by Gasteiger charge is -2.36. The number of ether oxygens (including phenoxy) is 1. The van der Waals surface area contributed by atoms with E-state index in [9.17, 15) is 0 Å². The molecule has 1 N–H and O–H groups in total. The molecule has 1 aliphatic heterocycles. The summed E-state index contributed by atoms with van der Waals surface area (Å²) in [6, 6.07) is 1.57. The van der Waals surface area contributed by atoms with Crippen LogP contribution in [0.1, 0.15) is 52.4 Å². The molecule has 0 bridgehead atoms. The monoisotopic (exact) mass is 268 g/mol. The molecule has 0 aromatic rings. The highest BCUT2D eigenvalue weighted by molar-refractivity contribution is 4.89. The number of rotatable bonds is 9. The van der Waals surface area contributed by atoms with Crippen molar-refractivity contribution in [2.45, 2.75) is 64.5 Å². The van der Waals surface area contributed by atoms with Gasteiger partial charge in [-0.2, -0.15) is 0 Å². The second-order valence-electron chi connectivity index (χ2n) is 6.26. The molecule has 2 atom stereocenters. The standard InChI is InChI=1S/C16H32N2O/c1-3-5-10-18(15-6-7-15)12-14-13-19-11-8-16(14)17-9-4-2/h14-17H,3-13H2,1-2H3. The predicted molar refractivity (Wildman–Crippen MR) is 80.5 cm³/mol. The van der Waals surface area contributed by atoms with Gasteiger partial charge >= 0.3 is 0 Å². The first-order valence-electron chi connectivity index (χ1n) is 8.40. The zero-order chi connectivity index (χ0) is 13.5. The molecule has 2 rings (SSSR count). The number of unbranched alkanes of at least 4 members (excludes halogenated alkanes) is 1. The van der Waals surface area contributed by atoms with Crippen LogP contribution in [-0.2, 0) is 4.74 Å². The van der Waals surface area contributed by atoms with Gasteiger partial charge in [0.15, 0.2) is 0 Å². The summed E-state index contributed by atoms with van der Waals surface area (Å²) in [5, 5.41) is 3.74. The molecule has 0 spiro atoms. The lowest BCUT2D eigenvalue weighted by Crippen LogP contribution is -2.48. The molecule has 112 valence electrons. The van der Waals surface area contributed by atoms with E-state index in [1.807, 2.05) is 0 Å². The third-order valence-electron chi connectivity index (χ3n) is 4.46. The molecule has 2 aliphatic rings. The molecule has 3 nitrogen and oxygen atoms in total. The highest BCUT2D eigenvalue weighted by Gasteiger charge is 2.33. The van der Waals surface area contributed by atoms with E-state index in [1.54, 1.807) is 0 Å². The molecule has 0 aromatic heterocycles. The van der Waals surface area contributed by atoms with Crippen molar-refractivity contribution >= 4 is 0 Å². The number of nitrogens with one attached hydrogen (secondary N) is 1. The molecule has 1 aliphatic carbocycles. The zero-order valence-corrected chi connectivity index (χ0v) is 12.9. The van der Waals surface area contributed by atoms with Crippen molar-refractivity contribution in [3.05, 3.63) is 0 Å². The normalized spacial score (nSPS) is 27.9. The van der Waals surface area contributed by atoms with Gasteiger partial charge in [-0.05, 0) is 45.2 Å². The molecule has 1 saturated carbocycles. The van der Waals surface area contributed by atoms with Crippen LogP contribution in [0.15, 0.2) is 0 Å². The average Bonchev–Trinajstić information content (AvgIpc) is 3.26. The summed E-state index contributed by atoms with van der Waals surface area (Å²) < 4.78 is 5.73. The summed E-state index contributed by atoms with van der Waals surface area (Å²) in [7, 11) is 0. The summed E-state index contributed by atoms with van der Waals surface area (Å²) in [5.74, 6) is 0.692. The van der Waals surface area contributed by atoms with Crippen LogP contribution in [-0.4, -0.2) is 49.8 Å². The van der Waals surface area contributed by atoms with Crippen molar-refractivity contribution in [3.8, 4) is 0 Å². The molecule has 2 fully saturated rings. The van der Waals surface area contributed by atoms with Crippen molar-refractivity contribution in [1.82, 2.24) is 10.2 Å². The van der Waals surface area contributed by atoms with E-state index in [0.29, 0.717) is 12.0 Å². The van der Waals surface area contributed by atoms with Crippen LogP contribution in [0, 0.1) is 5.92 Å². The van der Waals surface area contributed by atoms with Crippen molar-refractivity contribution < 1.29 is 4.74 Å². The molecule has 0 radical (unpaired) electrons. The maximum atomic E-state index is 5.73. The Hall–Kier alpha value is -0.120. The number of hydrogen-bond donors (Lipinski definition) is 1. The van der Waals surface area contributed by atoms with Gasteiger partial charge < -0.3 is 10.1 Å².